The first-order valence-electron chi connectivity index (χ1n) is 6.82. The zero-order valence-electron chi connectivity index (χ0n) is 13.0. The molecule has 0 saturated carbocycles. The quantitative estimate of drug-likeness (QED) is 0.189. The third kappa shape index (κ3) is 4.80. The zero-order chi connectivity index (χ0) is 17.4. The number of carbonyl (C=O) groups is 2. The van der Waals surface area contributed by atoms with Gasteiger partial charge in [0.1, 0.15) is 11.3 Å². The number of benzene rings is 1. The van der Waals surface area contributed by atoms with Gasteiger partial charge >= 0.3 is 11.9 Å². The highest BCUT2D eigenvalue weighted by Crippen LogP contribution is 2.26. The van der Waals surface area contributed by atoms with Crippen molar-refractivity contribution < 1.29 is 28.7 Å². The van der Waals surface area contributed by atoms with Crippen LogP contribution in [-0.4, -0.2) is 37.2 Å². The van der Waals surface area contributed by atoms with Crippen LogP contribution in [0, 0.1) is 10.1 Å². The van der Waals surface area contributed by atoms with Crippen molar-refractivity contribution in [3.8, 4) is 5.75 Å². The Balaban J connectivity index is 3.42. The lowest BCUT2D eigenvalue weighted by atomic mass is 10.1. The van der Waals surface area contributed by atoms with Crippen molar-refractivity contribution >= 4 is 23.7 Å². The summed E-state index contributed by atoms with van der Waals surface area (Å²) < 4.78 is 14.6. The Morgan fingerprint density at radius 3 is 2.17 bits per heavy atom. The largest absolute Gasteiger partial charge is 0.497 e. The Bertz CT molecular complexity index is 617. The van der Waals surface area contributed by atoms with Crippen molar-refractivity contribution in [1.29, 1.82) is 0 Å². The van der Waals surface area contributed by atoms with E-state index in [0.29, 0.717) is 5.75 Å². The van der Waals surface area contributed by atoms with Crippen LogP contribution in [0.2, 0.25) is 0 Å². The highest BCUT2D eigenvalue weighted by atomic mass is 16.6. The molecule has 0 atom stereocenters. The topological polar surface area (TPSA) is 105 Å². The zero-order valence-corrected chi connectivity index (χ0v) is 13.0. The lowest BCUT2D eigenvalue weighted by molar-refractivity contribution is -0.385. The van der Waals surface area contributed by atoms with E-state index in [9.17, 15) is 19.7 Å². The second-order valence-corrected chi connectivity index (χ2v) is 4.18. The van der Waals surface area contributed by atoms with Crippen LogP contribution in [0.15, 0.2) is 23.8 Å². The Morgan fingerprint density at radius 2 is 1.74 bits per heavy atom. The first kappa shape index (κ1) is 18.1. The third-order valence-corrected chi connectivity index (χ3v) is 2.72. The van der Waals surface area contributed by atoms with Gasteiger partial charge in [-0.05, 0) is 32.1 Å². The fraction of sp³-hybridized carbons (Fsp3) is 0.333. The molecule has 0 spiro atoms. The molecule has 0 saturated heterocycles. The molecular formula is C15H17NO7. The average Bonchev–Trinajstić information content (AvgIpc) is 2.52. The van der Waals surface area contributed by atoms with E-state index in [4.69, 9.17) is 14.2 Å². The molecule has 0 N–H and O–H groups in total. The van der Waals surface area contributed by atoms with E-state index >= 15 is 0 Å². The van der Waals surface area contributed by atoms with Crippen LogP contribution in [0.5, 0.6) is 5.75 Å². The second-order valence-electron chi connectivity index (χ2n) is 4.18. The van der Waals surface area contributed by atoms with E-state index in [-0.39, 0.29) is 24.5 Å². The van der Waals surface area contributed by atoms with Crippen molar-refractivity contribution in [1.82, 2.24) is 0 Å². The van der Waals surface area contributed by atoms with Gasteiger partial charge < -0.3 is 14.2 Å². The SMILES string of the molecule is CCOC(=O)C(=Cc1cc(OC)ccc1[N+](=O)[O-])C(=O)OCC. The highest BCUT2D eigenvalue weighted by Gasteiger charge is 2.23. The van der Waals surface area contributed by atoms with Crippen LogP contribution in [-0.2, 0) is 19.1 Å². The van der Waals surface area contributed by atoms with Gasteiger partial charge in [0.25, 0.3) is 5.69 Å². The Morgan fingerprint density at radius 1 is 1.17 bits per heavy atom. The van der Waals surface area contributed by atoms with Crippen LogP contribution in [0.3, 0.4) is 0 Å². The van der Waals surface area contributed by atoms with E-state index in [0.717, 1.165) is 6.08 Å². The molecule has 0 aromatic heterocycles. The molecule has 0 radical (unpaired) electrons. The maximum Gasteiger partial charge on any atom is 0.345 e. The van der Waals surface area contributed by atoms with Gasteiger partial charge in [0.2, 0.25) is 0 Å². The summed E-state index contributed by atoms with van der Waals surface area (Å²) in [6.45, 7) is 3.26. The Labute approximate surface area is 132 Å². The molecule has 0 aliphatic rings. The minimum absolute atomic E-state index is 0.0328. The molecule has 0 amide bonds. The van der Waals surface area contributed by atoms with Crippen LogP contribution < -0.4 is 4.74 Å². The van der Waals surface area contributed by atoms with E-state index in [2.05, 4.69) is 0 Å². The maximum atomic E-state index is 11.9. The fourth-order valence-corrected chi connectivity index (χ4v) is 1.72. The minimum Gasteiger partial charge on any atom is -0.497 e. The summed E-state index contributed by atoms with van der Waals surface area (Å²) in [4.78, 5) is 34.3. The molecule has 0 bridgehead atoms. The number of carbonyl (C=O) groups excluding carboxylic acids is 2. The fourth-order valence-electron chi connectivity index (χ4n) is 1.72. The molecule has 124 valence electrons. The van der Waals surface area contributed by atoms with E-state index in [1.165, 1.54) is 25.3 Å². The molecule has 1 aromatic carbocycles. The van der Waals surface area contributed by atoms with E-state index < -0.39 is 22.4 Å². The van der Waals surface area contributed by atoms with Gasteiger partial charge in [-0.25, -0.2) is 9.59 Å². The number of nitrogens with zero attached hydrogens (tertiary/aromatic N) is 1. The van der Waals surface area contributed by atoms with E-state index in [1.54, 1.807) is 13.8 Å². The van der Waals surface area contributed by atoms with Crippen LogP contribution in [0.25, 0.3) is 6.08 Å². The molecular weight excluding hydrogens is 306 g/mol. The molecule has 8 heteroatoms. The molecule has 0 unspecified atom stereocenters. The van der Waals surface area contributed by atoms with Crippen LogP contribution in [0.4, 0.5) is 5.69 Å². The molecule has 0 aliphatic heterocycles. The Kier molecular flexibility index (Phi) is 6.72. The van der Waals surface area contributed by atoms with Gasteiger partial charge in [-0.2, -0.15) is 0 Å². The van der Waals surface area contributed by atoms with Crippen molar-refractivity contribution in [3.63, 3.8) is 0 Å². The summed E-state index contributed by atoms with van der Waals surface area (Å²) in [5, 5.41) is 11.1. The molecule has 0 fully saturated rings. The summed E-state index contributed by atoms with van der Waals surface area (Å²) >= 11 is 0. The number of esters is 2. The van der Waals surface area contributed by atoms with E-state index in [1.807, 2.05) is 0 Å². The number of nitro benzene ring substituents is 1. The normalized spacial score (nSPS) is 9.70. The molecule has 0 heterocycles. The van der Waals surface area contributed by atoms with Gasteiger partial charge in [0.15, 0.2) is 0 Å². The summed E-state index contributed by atoms with van der Waals surface area (Å²) in [6, 6.07) is 3.97. The monoisotopic (exact) mass is 323 g/mol. The standard InChI is InChI=1S/C15H17NO7/c1-4-22-14(17)12(15(18)23-5-2)9-10-8-11(21-3)6-7-13(10)16(19)20/h6-9H,4-5H2,1-3H3. The van der Waals surface area contributed by atoms with Crippen molar-refractivity contribution in [2.24, 2.45) is 0 Å². The molecule has 0 aliphatic carbocycles. The van der Waals surface area contributed by atoms with Crippen molar-refractivity contribution in [3.05, 3.63) is 39.4 Å². The predicted octanol–water partition coefficient (Wildman–Crippen LogP) is 2.11. The second kappa shape index (κ2) is 8.52. The van der Waals surface area contributed by atoms with Crippen molar-refractivity contribution in [2.45, 2.75) is 13.8 Å². The van der Waals surface area contributed by atoms with Crippen molar-refractivity contribution in [2.75, 3.05) is 20.3 Å². The van der Waals surface area contributed by atoms with Gasteiger partial charge in [-0.1, -0.05) is 0 Å². The number of hydrogen-bond donors (Lipinski definition) is 0. The smallest absolute Gasteiger partial charge is 0.345 e. The molecule has 23 heavy (non-hydrogen) atoms. The Hall–Kier alpha value is -2.90. The van der Waals surface area contributed by atoms with Gasteiger partial charge in [-0.15, -0.1) is 0 Å². The predicted molar refractivity (Wildman–Crippen MR) is 80.9 cm³/mol. The molecule has 1 aromatic rings. The summed E-state index contributed by atoms with van der Waals surface area (Å²) in [5.74, 6) is -1.49. The van der Waals surface area contributed by atoms with Crippen LogP contribution in [0.1, 0.15) is 19.4 Å². The number of ether oxygens (including phenoxy) is 3. The summed E-state index contributed by atoms with van der Waals surface area (Å²) in [5.41, 5.74) is -0.674. The van der Waals surface area contributed by atoms with Crippen LogP contribution >= 0.6 is 0 Å². The lowest BCUT2D eigenvalue weighted by Gasteiger charge is -2.07. The summed E-state index contributed by atoms with van der Waals surface area (Å²) in [7, 11) is 1.40. The summed E-state index contributed by atoms with van der Waals surface area (Å²) in [6.07, 6.45) is 1.07. The molecule has 8 nitrogen and oxygen atoms in total. The number of hydrogen-bond acceptors (Lipinski definition) is 7. The van der Waals surface area contributed by atoms with Gasteiger partial charge in [0, 0.05) is 6.07 Å². The average molecular weight is 323 g/mol. The lowest BCUT2D eigenvalue weighted by Crippen LogP contribution is -2.18. The first-order chi connectivity index (χ1) is 10.9. The van der Waals surface area contributed by atoms with Gasteiger partial charge in [-0.3, -0.25) is 10.1 Å². The number of methoxy groups -OCH3 is 1. The van der Waals surface area contributed by atoms with Gasteiger partial charge in [0.05, 0.1) is 30.8 Å². The third-order valence-electron chi connectivity index (χ3n) is 2.72. The first-order valence-corrected chi connectivity index (χ1v) is 6.82. The highest BCUT2D eigenvalue weighted by molar-refractivity contribution is 6.18. The number of rotatable bonds is 7. The molecule has 1 rings (SSSR count). The number of nitro groups is 1. The minimum atomic E-state index is -0.914. The maximum absolute atomic E-state index is 11.9.